The summed E-state index contributed by atoms with van der Waals surface area (Å²) in [5.41, 5.74) is 4.39. The molecule has 1 aromatic heterocycles. The molecule has 0 saturated carbocycles. The van der Waals surface area contributed by atoms with Gasteiger partial charge >= 0.3 is 5.97 Å². The number of benzene rings is 2. The average Bonchev–Trinajstić information content (AvgIpc) is 3.10. The Morgan fingerprint density at radius 2 is 1.69 bits per heavy atom. The summed E-state index contributed by atoms with van der Waals surface area (Å²) in [5, 5.41) is 6.03. The van der Waals surface area contributed by atoms with Gasteiger partial charge in [-0.2, -0.15) is 0 Å². The summed E-state index contributed by atoms with van der Waals surface area (Å²) in [6.07, 6.45) is 0.830. The van der Waals surface area contributed by atoms with Crippen LogP contribution in [0.5, 0.6) is 0 Å². The van der Waals surface area contributed by atoms with Crippen LogP contribution in [0, 0.1) is 20.8 Å². The highest BCUT2D eigenvalue weighted by Gasteiger charge is 2.26. The van der Waals surface area contributed by atoms with E-state index in [0.29, 0.717) is 27.5 Å². The van der Waals surface area contributed by atoms with E-state index in [1.165, 1.54) is 7.11 Å². The Bertz CT molecular complexity index is 1150. The fourth-order valence-electron chi connectivity index (χ4n) is 3.31. The number of carbonyl (C=O) groups is 3. The van der Waals surface area contributed by atoms with Crippen LogP contribution in [-0.2, 0) is 16.0 Å². The lowest BCUT2D eigenvalue weighted by molar-refractivity contribution is -0.116. The van der Waals surface area contributed by atoms with Crippen LogP contribution in [0.4, 0.5) is 10.7 Å². The van der Waals surface area contributed by atoms with Crippen molar-refractivity contribution in [3.63, 3.8) is 0 Å². The van der Waals surface area contributed by atoms with Gasteiger partial charge in [0.25, 0.3) is 5.91 Å². The minimum absolute atomic E-state index is 0.205. The molecule has 0 unspecified atom stereocenters. The molecule has 0 spiro atoms. The van der Waals surface area contributed by atoms with Gasteiger partial charge in [-0.15, -0.1) is 11.3 Å². The lowest BCUT2D eigenvalue weighted by atomic mass is 10.1. The molecule has 3 rings (SSSR count). The number of anilines is 2. The molecule has 2 amide bonds. The van der Waals surface area contributed by atoms with Gasteiger partial charge in [0, 0.05) is 12.1 Å². The highest BCUT2D eigenvalue weighted by Crippen LogP contribution is 2.34. The summed E-state index contributed by atoms with van der Waals surface area (Å²) in [6.45, 7) is 5.54. The second-order valence-electron chi connectivity index (χ2n) is 7.56. The number of hydrogen-bond acceptors (Lipinski definition) is 5. The molecule has 3 aromatic rings. The number of rotatable bonds is 7. The number of hydrogen-bond donors (Lipinski definition) is 2. The molecule has 32 heavy (non-hydrogen) atoms. The monoisotopic (exact) mass is 450 g/mol. The number of esters is 1. The third-order valence-corrected chi connectivity index (χ3v) is 6.33. The van der Waals surface area contributed by atoms with Crippen molar-refractivity contribution < 1.29 is 19.1 Å². The number of methoxy groups -OCH3 is 1. The Morgan fingerprint density at radius 3 is 2.38 bits per heavy atom. The Morgan fingerprint density at radius 1 is 0.969 bits per heavy atom. The highest BCUT2D eigenvalue weighted by atomic mass is 32.1. The first-order chi connectivity index (χ1) is 15.3. The summed E-state index contributed by atoms with van der Waals surface area (Å²) in [6, 6.07) is 15.5. The fraction of sp³-hybridized carbons (Fsp3) is 0.240. The van der Waals surface area contributed by atoms with Crippen LogP contribution < -0.4 is 10.6 Å². The van der Waals surface area contributed by atoms with Crippen LogP contribution in [0.25, 0.3) is 0 Å². The maximum Gasteiger partial charge on any atom is 0.341 e. The van der Waals surface area contributed by atoms with Crippen molar-refractivity contribution in [1.82, 2.24) is 0 Å². The molecule has 166 valence electrons. The minimum Gasteiger partial charge on any atom is -0.465 e. The molecule has 0 bridgehead atoms. The molecular weight excluding hydrogens is 424 g/mol. The zero-order chi connectivity index (χ0) is 23.3. The van der Waals surface area contributed by atoms with Crippen molar-refractivity contribution in [3.8, 4) is 0 Å². The summed E-state index contributed by atoms with van der Waals surface area (Å²) in [4.78, 5) is 38.3. The third-order valence-electron chi connectivity index (χ3n) is 5.12. The van der Waals surface area contributed by atoms with E-state index in [2.05, 4.69) is 10.6 Å². The Labute approximate surface area is 191 Å². The fourth-order valence-corrected chi connectivity index (χ4v) is 4.41. The summed E-state index contributed by atoms with van der Waals surface area (Å²) in [5.74, 6) is -1.17. The van der Waals surface area contributed by atoms with Crippen LogP contribution in [0.1, 0.15) is 48.7 Å². The topological polar surface area (TPSA) is 84.5 Å². The molecule has 0 atom stereocenters. The standard InChI is InChI=1S/C25H26N2O4S/c1-15-10-11-16(2)19(14-15)26-23(29)22-17(3)21(25(30)31-4)24(32-22)27-20(28)13-12-18-8-6-5-7-9-18/h5-11,14H,12-13H2,1-4H3,(H,26,29)(H,27,28). The molecule has 1 heterocycles. The van der Waals surface area contributed by atoms with E-state index in [-0.39, 0.29) is 23.8 Å². The quantitative estimate of drug-likeness (QED) is 0.480. The predicted octanol–water partition coefficient (Wildman–Crippen LogP) is 5.28. The lowest BCUT2D eigenvalue weighted by Crippen LogP contribution is -2.15. The highest BCUT2D eigenvalue weighted by molar-refractivity contribution is 7.18. The van der Waals surface area contributed by atoms with Crippen LogP contribution in [0.3, 0.4) is 0 Å². The summed E-state index contributed by atoms with van der Waals surface area (Å²) in [7, 11) is 1.27. The van der Waals surface area contributed by atoms with Gasteiger partial charge in [-0.05, 0) is 55.5 Å². The molecule has 0 aliphatic carbocycles. The van der Waals surface area contributed by atoms with Crippen molar-refractivity contribution in [3.05, 3.63) is 81.2 Å². The molecule has 2 N–H and O–H groups in total. The first-order valence-electron chi connectivity index (χ1n) is 10.2. The Balaban J connectivity index is 1.82. The smallest absolute Gasteiger partial charge is 0.341 e. The maximum atomic E-state index is 13.0. The van der Waals surface area contributed by atoms with Gasteiger partial charge in [0.05, 0.1) is 17.6 Å². The first kappa shape index (κ1) is 23.2. The van der Waals surface area contributed by atoms with Crippen molar-refractivity contribution in [2.75, 3.05) is 17.7 Å². The van der Waals surface area contributed by atoms with Gasteiger partial charge < -0.3 is 15.4 Å². The van der Waals surface area contributed by atoms with Gasteiger partial charge in [-0.3, -0.25) is 9.59 Å². The number of carbonyl (C=O) groups excluding carboxylic acids is 3. The molecule has 0 radical (unpaired) electrons. The molecule has 0 saturated heterocycles. The van der Waals surface area contributed by atoms with E-state index in [0.717, 1.165) is 28.0 Å². The van der Waals surface area contributed by atoms with E-state index >= 15 is 0 Å². The van der Waals surface area contributed by atoms with E-state index in [1.54, 1.807) is 6.92 Å². The molecule has 6 nitrogen and oxygen atoms in total. The second-order valence-corrected chi connectivity index (χ2v) is 8.58. The Hall–Kier alpha value is -3.45. The van der Waals surface area contributed by atoms with Gasteiger partial charge in [0.1, 0.15) is 5.00 Å². The predicted molar refractivity (Wildman–Crippen MR) is 128 cm³/mol. The molecule has 0 aliphatic rings. The van der Waals surface area contributed by atoms with Crippen LogP contribution in [0.2, 0.25) is 0 Å². The molecule has 0 fully saturated rings. The van der Waals surface area contributed by atoms with Crippen LogP contribution >= 0.6 is 11.3 Å². The number of nitrogens with one attached hydrogen (secondary N) is 2. The van der Waals surface area contributed by atoms with Gasteiger partial charge in [-0.1, -0.05) is 42.5 Å². The SMILES string of the molecule is COC(=O)c1c(NC(=O)CCc2ccccc2)sc(C(=O)Nc2cc(C)ccc2C)c1C. The van der Waals surface area contributed by atoms with E-state index < -0.39 is 5.97 Å². The first-order valence-corrected chi connectivity index (χ1v) is 11.1. The molecule has 0 aliphatic heterocycles. The zero-order valence-electron chi connectivity index (χ0n) is 18.6. The van der Waals surface area contributed by atoms with Crippen molar-refractivity contribution in [2.45, 2.75) is 33.6 Å². The number of ether oxygens (including phenoxy) is 1. The van der Waals surface area contributed by atoms with Gasteiger partial charge in [0.15, 0.2) is 0 Å². The summed E-state index contributed by atoms with van der Waals surface area (Å²) >= 11 is 1.07. The second kappa shape index (κ2) is 10.2. The molecule has 7 heteroatoms. The van der Waals surface area contributed by atoms with Crippen LogP contribution in [-0.4, -0.2) is 24.9 Å². The van der Waals surface area contributed by atoms with E-state index in [9.17, 15) is 14.4 Å². The maximum absolute atomic E-state index is 13.0. The van der Waals surface area contributed by atoms with Gasteiger partial charge in [0.2, 0.25) is 5.91 Å². The summed E-state index contributed by atoms with van der Waals surface area (Å²) < 4.78 is 4.90. The van der Waals surface area contributed by atoms with E-state index in [4.69, 9.17) is 4.74 Å². The largest absolute Gasteiger partial charge is 0.465 e. The third kappa shape index (κ3) is 5.42. The number of amides is 2. The van der Waals surface area contributed by atoms with Gasteiger partial charge in [-0.25, -0.2) is 4.79 Å². The van der Waals surface area contributed by atoms with Crippen LogP contribution in [0.15, 0.2) is 48.5 Å². The zero-order valence-corrected chi connectivity index (χ0v) is 19.4. The lowest BCUT2D eigenvalue weighted by Gasteiger charge is -2.09. The number of aryl methyl sites for hydroxylation is 3. The minimum atomic E-state index is -0.595. The average molecular weight is 451 g/mol. The van der Waals surface area contributed by atoms with Crippen molar-refractivity contribution in [2.24, 2.45) is 0 Å². The van der Waals surface area contributed by atoms with Crippen molar-refractivity contribution in [1.29, 1.82) is 0 Å². The normalized spacial score (nSPS) is 10.5. The number of thiophene rings is 1. The van der Waals surface area contributed by atoms with E-state index in [1.807, 2.05) is 62.4 Å². The Kier molecular flexibility index (Phi) is 7.43. The molecular formula is C25H26N2O4S. The van der Waals surface area contributed by atoms with Crippen molar-refractivity contribution >= 4 is 39.8 Å². The molecule has 2 aromatic carbocycles.